The number of rotatable bonds is 4. The maximum absolute atomic E-state index is 12.1. The van der Waals surface area contributed by atoms with Crippen molar-refractivity contribution >= 4 is 5.97 Å². The fraction of sp³-hybridized carbons (Fsp3) is 0.562. The fourth-order valence-corrected chi connectivity index (χ4v) is 3.01. The summed E-state index contributed by atoms with van der Waals surface area (Å²) in [6, 6.07) is 8.01. The summed E-state index contributed by atoms with van der Waals surface area (Å²) in [6.07, 6.45) is 4.22. The highest BCUT2D eigenvalue weighted by Gasteiger charge is 2.34. The molecule has 1 aromatic rings. The molecule has 3 heteroatoms. The van der Waals surface area contributed by atoms with Gasteiger partial charge in [-0.25, -0.2) is 0 Å². The third kappa shape index (κ3) is 3.09. The molecule has 0 N–H and O–H groups in total. The molecule has 2 atom stereocenters. The molecule has 0 heterocycles. The van der Waals surface area contributed by atoms with Crippen LogP contribution in [-0.4, -0.2) is 19.7 Å². The van der Waals surface area contributed by atoms with Crippen LogP contribution in [0.25, 0.3) is 0 Å². The summed E-state index contributed by atoms with van der Waals surface area (Å²) in [5.41, 5.74) is 1.14. The molecule has 1 aliphatic carbocycles. The second kappa shape index (κ2) is 6.60. The third-order valence-electron chi connectivity index (χ3n) is 3.89. The maximum atomic E-state index is 12.1. The lowest BCUT2D eigenvalue weighted by Gasteiger charge is -2.31. The van der Waals surface area contributed by atoms with Gasteiger partial charge in [0.25, 0.3) is 0 Å². The van der Waals surface area contributed by atoms with Crippen molar-refractivity contribution in [3.63, 3.8) is 0 Å². The second-order valence-corrected chi connectivity index (χ2v) is 4.99. The summed E-state index contributed by atoms with van der Waals surface area (Å²) >= 11 is 0. The van der Waals surface area contributed by atoms with Crippen molar-refractivity contribution in [2.24, 2.45) is 5.92 Å². The lowest BCUT2D eigenvalue weighted by atomic mass is 9.75. The van der Waals surface area contributed by atoms with Gasteiger partial charge in [0.05, 0.1) is 19.6 Å². The predicted molar refractivity (Wildman–Crippen MR) is 74.3 cm³/mol. The van der Waals surface area contributed by atoms with Crippen LogP contribution in [0.4, 0.5) is 0 Å². The molecule has 1 fully saturated rings. The summed E-state index contributed by atoms with van der Waals surface area (Å²) in [7, 11) is 1.68. The minimum Gasteiger partial charge on any atom is -0.496 e. The molecule has 3 nitrogen and oxygen atoms in total. The van der Waals surface area contributed by atoms with Crippen molar-refractivity contribution in [1.82, 2.24) is 0 Å². The second-order valence-electron chi connectivity index (χ2n) is 4.99. The molecule has 0 bridgehead atoms. The molecule has 0 saturated heterocycles. The zero-order valence-electron chi connectivity index (χ0n) is 11.7. The molecule has 19 heavy (non-hydrogen) atoms. The van der Waals surface area contributed by atoms with Crippen LogP contribution in [0.15, 0.2) is 24.3 Å². The van der Waals surface area contributed by atoms with Gasteiger partial charge in [0, 0.05) is 5.92 Å². The van der Waals surface area contributed by atoms with E-state index in [9.17, 15) is 4.79 Å². The summed E-state index contributed by atoms with van der Waals surface area (Å²) in [4.78, 5) is 12.1. The van der Waals surface area contributed by atoms with E-state index in [4.69, 9.17) is 9.47 Å². The van der Waals surface area contributed by atoms with Gasteiger partial charge in [-0.2, -0.15) is 0 Å². The van der Waals surface area contributed by atoms with E-state index in [2.05, 4.69) is 6.07 Å². The number of hydrogen-bond acceptors (Lipinski definition) is 3. The number of ether oxygens (including phenoxy) is 2. The first-order chi connectivity index (χ1) is 9.27. The van der Waals surface area contributed by atoms with E-state index in [0.717, 1.165) is 30.6 Å². The Hall–Kier alpha value is -1.51. The molecule has 1 saturated carbocycles. The first kappa shape index (κ1) is 13.9. The molecule has 0 amide bonds. The quantitative estimate of drug-likeness (QED) is 0.779. The van der Waals surface area contributed by atoms with Crippen LogP contribution >= 0.6 is 0 Å². The van der Waals surface area contributed by atoms with Crippen LogP contribution in [0.5, 0.6) is 5.75 Å². The van der Waals surface area contributed by atoms with E-state index in [1.807, 2.05) is 25.1 Å². The van der Waals surface area contributed by atoms with Crippen LogP contribution in [0.2, 0.25) is 0 Å². The fourth-order valence-electron chi connectivity index (χ4n) is 3.01. The Morgan fingerprint density at radius 3 is 2.74 bits per heavy atom. The molecule has 0 radical (unpaired) electrons. The zero-order valence-corrected chi connectivity index (χ0v) is 11.7. The monoisotopic (exact) mass is 262 g/mol. The lowest BCUT2D eigenvalue weighted by Crippen LogP contribution is -2.27. The zero-order chi connectivity index (χ0) is 13.7. The van der Waals surface area contributed by atoms with Gasteiger partial charge in [-0.1, -0.05) is 31.0 Å². The summed E-state index contributed by atoms with van der Waals surface area (Å²) in [5.74, 6) is 1.02. The van der Waals surface area contributed by atoms with Crippen LogP contribution in [0.3, 0.4) is 0 Å². The third-order valence-corrected chi connectivity index (χ3v) is 3.89. The van der Waals surface area contributed by atoms with Gasteiger partial charge in [0.15, 0.2) is 0 Å². The first-order valence-electron chi connectivity index (χ1n) is 7.07. The van der Waals surface area contributed by atoms with Crippen LogP contribution in [0.1, 0.15) is 44.1 Å². The number of carbonyl (C=O) groups is 1. The van der Waals surface area contributed by atoms with Gasteiger partial charge in [-0.05, 0) is 31.4 Å². The van der Waals surface area contributed by atoms with Crippen LogP contribution < -0.4 is 4.74 Å². The highest BCUT2D eigenvalue weighted by atomic mass is 16.5. The van der Waals surface area contributed by atoms with Crippen molar-refractivity contribution in [3.8, 4) is 5.75 Å². The summed E-state index contributed by atoms with van der Waals surface area (Å²) in [5, 5.41) is 0. The standard InChI is InChI=1S/C16H22O3/c1-3-19-16(17)14-10-5-4-8-12(14)13-9-6-7-11-15(13)18-2/h6-7,9,11-12,14H,3-5,8,10H2,1-2H3/t12-,14-/m0/s1. The van der Waals surface area contributed by atoms with Gasteiger partial charge in [-0.15, -0.1) is 0 Å². The Bertz CT molecular complexity index is 428. The number of benzene rings is 1. The smallest absolute Gasteiger partial charge is 0.309 e. The highest BCUT2D eigenvalue weighted by Crippen LogP contribution is 2.41. The Morgan fingerprint density at radius 2 is 2.00 bits per heavy atom. The Morgan fingerprint density at radius 1 is 1.26 bits per heavy atom. The van der Waals surface area contributed by atoms with Crippen molar-refractivity contribution in [2.45, 2.75) is 38.5 Å². The van der Waals surface area contributed by atoms with E-state index in [0.29, 0.717) is 6.61 Å². The average molecular weight is 262 g/mol. The van der Waals surface area contributed by atoms with Crippen molar-refractivity contribution in [2.75, 3.05) is 13.7 Å². The van der Waals surface area contributed by atoms with E-state index in [-0.39, 0.29) is 17.8 Å². The number of methoxy groups -OCH3 is 1. The van der Waals surface area contributed by atoms with Crippen LogP contribution in [0, 0.1) is 5.92 Å². The van der Waals surface area contributed by atoms with Gasteiger partial charge in [-0.3, -0.25) is 4.79 Å². The molecule has 104 valence electrons. The molecule has 0 aromatic heterocycles. The number of para-hydroxylation sites is 1. The maximum Gasteiger partial charge on any atom is 0.309 e. The van der Waals surface area contributed by atoms with Gasteiger partial charge in [0.1, 0.15) is 5.75 Å². The summed E-state index contributed by atoms with van der Waals surface area (Å²) in [6.45, 7) is 2.31. The van der Waals surface area contributed by atoms with E-state index in [1.54, 1.807) is 7.11 Å². The minimum atomic E-state index is -0.0573. The first-order valence-corrected chi connectivity index (χ1v) is 7.07. The SMILES string of the molecule is CCOC(=O)[C@H]1CCCC[C@H]1c1ccccc1OC. The van der Waals surface area contributed by atoms with E-state index >= 15 is 0 Å². The minimum absolute atomic E-state index is 0.0231. The van der Waals surface area contributed by atoms with Gasteiger partial charge >= 0.3 is 5.97 Å². The molecule has 1 aromatic carbocycles. The van der Waals surface area contributed by atoms with E-state index in [1.165, 1.54) is 6.42 Å². The predicted octanol–water partition coefficient (Wildman–Crippen LogP) is 3.53. The van der Waals surface area contributed by atoms with Gasteiger partial charge < -0.3 is 9.47 Å². The lowest BCUT2D eigenvalue weighted by molar-refractivity contribution is -0.149. The van der Waals surface area contributed by atoms with E-state index < -0.39 is 0 Å². The molecule has 2 rings (SSSR count). The molecule has 0 aliphatic heterocycles. The van der Waals surface area contributed by atoms with Crippen molar-refractivity contribution < 1.29 is 14.3 Å². The number of hydrogen-bond donors (Lipinski definition) is 0. The number of carbonyl (C=O) groups excluding carboxylic acids is 1. The van der Waals surface area contributed by atoms with Crippen molar-refractivity contribution in [1.29, 1.82) is 0 Å². The molecule has 0 spiro atoms. The molecule has 0 unspecified atom stereocenters. The number of esters is 1. The molecule has 1 aliphatic rings. The largest absolute Gasteiger partial charge is 0.496 e. The topological polar surface area (TPSA) is 35.5 Å². The Balaban J connectivity index is 2.26. The average Bonchev–Trinajstić information content (AvgIpc) is 2.47. The Labute approximate surface area is 114 Å². The van der Waals surface area contributed by atoms with Crippen molar-refractivity contribution in [3.05, 3.63) is 29.8 Å². The highest BCUT2D eigenvalue weighted by molar-refractivity contribution is 5.74. The normalized spacial score (nSPS) is 22.8. The molecular formula is C16H22O3. The Kier molecular flexibility index (Phi) is 4.83. The summed E-state index contributed by atoms with van der Waals surface area (Å²) < 4.78 is 10.7. The van der Waals surface area contributed by atoms with Gasteiger partial charge in [0.2, 0.25) is 0 Å². The van der Waals surface area contributed by atoms with Crippen LogP contribution in [-0.2, 0) is 9.53 Å². The molecular weight excluding hydrogens is 240 g/mol.